The van der Waals surface area contributed by atoms with Gasteiger partial charge in [0.15, 0.2) is 0 Å². The minimum absolute atomic E-state index is 0.0462. The summed E-state index contributed by atoms with van der Waals surface area (Å²) in [4.78, 5) is 0. The van der Waals surface area contributed by atoms with Crippen LogP contribution in [0, 0.1) is 0 Å². The van der Waals surface area contributed by atoms with Crippen LogP contribution in [0.1, 0.15) is 39.4 Å². The lowest BCUT2D eigenvalue weighted by Crippen LogP contribution is -2.17. The van der Waals surface area contributed by atoms with Gasteiger partial charge in [-0.15, -0.1) is 6.58 Å². The molecule has 0 N–H and O–H groups in total. The molecule has 1 atom stereocenters. The normalized spacial score (nSPS) is 14.3. The van der Waals surface area contributed by atoms with Gasteiger partial charge in [0.05, 0.1) is 6.26 Å². The average molecular weight is 204 g/mol. The Morgan fingerprint density at radius 3 is 2.73 bits per heavy atom. The molecule has 0 bridgehead atoms. The molecule has 1 aromatic rings. The van der Waals surface area contributed by atoms with Crippen LogP contribution in [0.5, 0.6) is 0 Å². The van der Waals surface area contributed by atoms with Crippen molar-refractivity contribution >= 4 is 0 Å². The molecule has 1 heteroatoms. The Morgan fingerprint density at radius 2 is 2.27 bits per heavy atom. The molecular weight excluding hydrogens is 184 g/mol. The summed E-state index contributed by atoms with van der Waals surface area (Å²) in [5.74, 6) is 1.000. The summed E-state index contributed by atoms with van der Waals surface area (Å²) in [6.07, 6.45) is 8.05. The van der Waals surface area contributed by atoms with Crippen molar-refractivity contribution in [3.63, 3.8) is 0 Å². The van der Waals surface area contributed by atoms with Gasteiger partial charge in [-0.25, -0.2) is 0 Å². The highest BCUT2D eigenvalue weighted by Crippen LogP contribution is 2.30. The van der Waals surface area contributed by atoms with Crippen LogP contribution in [0.25, 0.3) is 0 Å². The second-order valence-electron chi connectivity index (χ2n) is 4.42. The Morgan fingerprint density at radius 1 is 1.53 bits per heavy atom. The van der Waals surface area contributed by atoms with Crippen molar-refractivity contribution in [1.29, 1.82) is 0 Å². The van der Waals surface area contributed by atoms with Crippen molar-refractivity contribution < 1.29 is 4.42 Å². The first kappa shape index (κ1) is 11.8. The lowest BCUT2D eigenvalue weighted by atomic mass is 9.83. The largest absolute Gasteiger partial charge is 0.468 e. The highest BCUT2D eigenvalue weighted by Gasteiger charge is 2.24. The van der Waals surface area contributed by atoms with Crippen molar-refractivity contribution in [3.8, 4) is 0 Å². The minimum atomic E-state index is -0.0462. The van der Waals surface area contributed by atoms with Crippen molar-refractivity contribution in [2.45, 2.75) is 39.0 Å². The summed E-state index contributed by atoms with van der Waals surface area (Å²) in [6.45, 7) is 10.3. The maximum Gasteiger partial charge on any atom is 0.113 e. The Balaban J connectivity index is 2.70. The number of hydrogen-bond donors (Lipinski definition) is 0. The first-order chi connectivity index (χ1) is 7.08. The van der Waals surface area contributed by atoms with Crippen LogP contribution in [0.4, 0.5) is 0 Å². The summed E-state index contributed by atoms with van der Waals surface area (Å²) < 4.78 is 5.46. The lowest BCUT2D eigenvalue weighted by molar-refractivity contribution is 0.400. The van der Waals surface area contributed by atoms with Crippen LogP contribution in [-0.2, 0) is 5.41 Å². The fourth-order valence-electron chi connectivity index (χ4n) is 1.59. The molecule has 0 aliphatic rings. The van der Waals surface area contributed by atoms with Crippen molar-refractivity contribution in [2.75, 3.05) is 0 Å². The van der Waals surface area contributed by atoms with Crippen LogP contribution < -0.4 is 0 Å². The number of hydrogen-bond acceptors (Lipinski definition) is 1. The molecule has 0 unspecified atom stereocenters. The monoisotopic (exact) mass is 204 g/mol. The summed E-state index contributed by atoms with van der Waals surface area (Å²) in [7, 11) is 0. The molecule has 0 aliphatic heterocycles. The maximum absolute atomic E-state index is 5.46. The van der Waals surface area contributed by atoms with Crippen LogP contribution in [0.2, 0.25) is 0 Å². The van der Waals surface area contributed by atoms with Crippen LogP contribution in [0.15, 0.2) is 47.1 Å². The van der Waals surface area contributed by atoms with Gasteiger partial charge in [0.2, 0.25) is 0 Å². The molecular formula is C14H20O. The topological polar surface area (TPSA) is 13.1 Å². The molecule has 1 rings (SSSR count). The van der Waals surface area contributed by atoms with E-state index in [1.165, 1.54) is 5.57 Å². The molecule has 15 heavy (non-hydrogen) atoms. The molecule has 0 spiro atoms. The molecule has 0 radical (unpaired) electrons. The average Bonchev–Trinajstić information content (AvgIpc) is 2.70. The van der Waals surface area contributed by atoms with Gasteiger partial charge in [-0.1, -0.05) is 17.7 Å². The summed E-state index contributed by atoms with van der Waals surface area (Å²) in [6, 6.07) is 3.95. The molecule has 1 aromatic heterocycles. The molecule has 0 amide bonds. The van der Waals surface area contributed by atoms with Crippen LogP contribution in [0.3, 0.4) is 0 Å². The van der Waals surface area contributed by atoms with E-state index in [9.17, 15) is 0 Å². The van der Waals surface area contributed by atoms with Crippen molar-refractivity contribution in [2.24, 2.45) is 0 Å². The first-order valence-electron chi connectivity index (χ1n) is 5.39. The van der Waals surface area contributed by atoms with E-state index in [1.54, 1.807) is 6.26 Å². The Bertz CT molecular complexity index is 328. The van der Waals surface area contributed by atoms with E-state index in [0.29, 0.717) is 0 Å². The van der Waals surface area contributed by atoms with E-state index >= 15 is 0 Å². The van der Waals surface area contributed by atoms with Gasteiger partial charge in [0, 0.05) is 5.41 Å². The fraction of sp³-hybridized carbons (Fsp3) is 0.429. The predicted molar refractivity (Wildman–Crippen MR) is 64.9 cm³/mol. The first-order valence-corrected chi connectivity index (χ1v) is 5.39. The third-order valence-electron chi connectivity index (χ3n) is 2.75. The highest BCUT2D eigenvalue weighted by atomic mass is 16.3. The Kier molecular flexibility index (Phi) is 3.96. The zero-order valence-electron chi connectivity index (χ0n) is 9.92. The summed E-state index contributed by atoms with van der Waals surface area (Å²) in [5, 5.41) is 0. The van der Waals surface area contributed by atoms with E-state index in [1.807, 2.05) is 18.2 Å². The summed E-state index contributed by atoms with van der Waals surface area (Å²) in [5.41, 5.74) is 1.32. The van der Waals surface area contributed by atoms with Crippen molar-refractivity contribution in [3.05, 3.63) is 48.5 Å². The molecule has 0 aliphatic carbocycles. The van der Waals surface area contributed by atoms with Crippen molar-refractivity contribution in [1.82, 2.24) is 0 Å². The zero-order chi connectivity index (χ0) is 11.3. The molecule has 1 nitrogen and oxygen atoms in total. The van der Waals surface area contributed by atoms with Gasteiger partial charge in [-0.2, -0.15) is 0 Å². The SMILES string of the molecule is C=C[C@@](C)(CCC=C(C)C)c1ccco1. The molecule has 1 heterocycles. The molecule has 0 fully saturated rings. The van der Waals surface area contributed by atoms with E-state index < -0.39 is 0 Å². The van der Waals surface area contributed by atoms with Gasteiger partial charge in [0.1, 0.15) is 5.76 Å². The number of rotatable bonds is 5. The van der Waals surface area contributed by atoms with Gasteiger partial charge < -0.3 is 4.42 Å². The number of furan rings is 1. The molecule has 82 valence electrons. The standard InChI is InChI=1S/C14H20O/c1-5-14(4,10-6-8-12(2)3)13-9-7-11-15-13/h5,7-9,11H,1,6,10H2,2-4H3/t14-/m0/s1. The third-order valence-corrected chi connectivity index (χ3v) is 2.75. The van der Waals surface area contributed by atoms with Gasteiger partial charge in [0.25, 0.3) is 0 Å². The Hall–Kier alpha value is -1.24. The van der Waals surface area contributed by atoms with Gasteiger partial charge >= 0.3 is 0 Å². The molecule has 0 saturated heterocycles. The van der Waals surface area contributed by atoms with E-state index in [0.717, 1.165) is 18.6 Å². The lowest BCUT2D eigenvalue weighted by Gasteiger charge is -2.22. The second kappa shape index (κ2) is 5.01. The highest BCUT2D eigenvalue weighted by molar-refractivity contribution is 5.20. The molecule has 0 aromatic carbocycles. The third kappa shape index (κ3) is 3.12. The number of allylic oxidation sites excluding steroid dienone is 3. The maximum atomic E-state index is 5.46. The predicted octanol–water partition coefficient (Wildman–Crippen LogP) is 4.47. The van der Waals surface area contributed by atoms with Gasteiger partial charge in [-0.3, -0.25) is 0 Å². The Labute approximate surface area is 92.5 Å². The smallest absolute Gasteiger partial charge is 0.113 e. The molecule has 0 saturated carbocycles. The van der Waals surface area contributed by atoms with Crippen LogP contribution >= 0.6 is 0 Å². The minimum Gasteiger partial charge on any atom is -0.468 e. The van der Waals surface area contributed by atoms with E-state index in [4.69, 9.17) is 4.42 Å². The second-order valence-corrected chi connectivity index (χ2v) is 4.42. The van der Waals surface area contributed by atoms with Gasteiger partial charge in [-0.05, 0) is 45.7 Å². The quantitative estimate of drug-likeness (QED) is 0.645. The zero-order valence-corrected chi connectivity index (χ0v) is 9.92. The summed E-state index contributed by atoms with van der Waals surface area (Å²) >= 11 is 0. The van der Waals surface area contributed by atoms with E-state index in [-0.39, 0.29) is 5.41 Å². The fourth-order valence-corrected chi connectivity index (χ4v) is 1.59. The van der Waals surface area contributed by atoms with Crippen LogP contribution in [-0.4, -0.2) is 0 Å². The van der Waals surface area contributed by atoms with E-state index in [2.05, 4.69) is 33.4 Å².